The number of allylic oxidation sites excluding steroid dienone is 2. The van der Waals surface area contributed by atoms with E-state index in [-0.39, 0.29) is 55.1 Å². The van der Waals surface area contributed by atoms with Gasteiger partial charge in [-0.05, 0) is 37.7 Å². The summed E-state index contributed by atoms with van der Waals surface area (Å²) >= 11 is 0. The molecule has 0 saturated carbocycles. The molecule has 1 fully saturated rings. The van der Waals surface area contributed by atoms with E-state index < -0.39 is 36.3 Å². The van der Waals surface area contributed by atoms with Crippen LogP contribution in [-0.4, -0.2) is 65.3 Å². The number of rotatable bonds is 7. The quantitative estimate of drug-likeness (QED) is 0.272. The minimum Gasteiger partial charge on any atom is -0.454 e. The fourth-order valence-corrected chi connectivity index (χ4v) is 4.67. The average molecular weight is 506 g/mol. The van der Waals surface area contributed by atoms with Crippen molar-refractivity contribution in [3.8, 4) is 0 Å². The van der Waals surface area contributed by atoms with E-state index in [9.17, 15) is 29.4 Å². The average Bonchev–Trinajstić information content (AvgIpc) is 2.79. The Morgan fingerprint density at radius 2 is 1.83 bits per heavy atom. The van der Waals surface area contributed by atoms with E-state index >= 15 is 0 Å². The van der Waals surface area contributed by atoms with Crippen LogP contribution in [-0.2, 0) is 28.7 Å². The van der Waals surface area contributed by atoms with Crippen LogP contribution < -0.4 is 5.32 Å². The molecule has 3 N–H and O–H groups in total. The zero-order valence-electron chi connectivity index (χ0n) is 21.5. The Morgan fingerprint density at radius 3 is 2.47 bits per heavy atom. The number of esters is 1. The molecule has 0 radical (unpaired) electrons. The predicted octanol–water partition coefficient (Wildman–Crippen LogP) is 2.16. The van der Waals surface area contributed by atoms with Gasteiger partial charge in [0.2, 0.25) is 11.8 Å². The van der Waals surface area contributed by atoms with Gasteiger partial charge in [-0.15, -0.1) is 0 Å². The highest BCUT2D eigenvalue weighted by Crippen LogP contribution is 2.26. The maximum Gasteiger partial charge on any atom is 0.331 e. The first-order chi connectivity index (χ1) is 17.0. The number of cyclic esters (lactones) is 1. The Labute approximate surface area is 212 Å². The third-order valence-corrected chi connectivity index (χ3v) is 6.68. The first-order valence-corrected chi connectivity index (χ1v) is 12.5. The number of piperidine rings is 1. The number of nitrogens with one attached hydrogen (secondary N) is 1. The van der Waals surface area contributed by atoms with E-state index in [0.717, 1.165) is 0 Å². The van der Waals surface area contributed by atoms with E-state index in [0.29, 0.717) is 18.4 Å². The van der Waals surface area contributed by atoms with Crippen LogP contribution >= 0.6 is 0 Å². The Bertz CT molecular complexity index is 876. The van der Waals surface area contributed by atoms with Gasteiger partial charge < -0.3 is 19.7 Å². The van der Waals surface area contributed by atoms with Crippen LogP contribution in [0.25, 0.3) is 0 Å². The molecule has 2 heterocycles. The summed E-state index contributed by atoms with van der Waals surface area (Å²) in [6, 6.07) is 0. The molecule has 0 aromatic rings. The maximum atomic E-state index is 13.1. The minimum absolute atomic E-state index is 0.124. The van der Waals surface area contributed by atoms with Gasteiger partial charge >= 0.3 is 5.97 Å². The second kappa shape index (κ2) is 14.2. The number of amides is 2. The predicted molar refractivity (Wildman–Crippen MR) is 132 cm³/mol. The molecular weight excluding hydrogens is 466 g/mol. The summed E-state index contributed by atoms with van der Waals surface area (Å²) in [5.41, 5.74) is 0.601. The molecule has 36 heavy (non-hydrogen) atoms. The van der Waals surface area contributed by atoms with Crippen molar-refractivity contribution in [3.05, 3.63) is 36.0 Å². The standard InChI is InChI=1S/C27H39NO8/c1-16-11-17(2)27(36-25(33)10-8-6-5-7-9-22(35-4)26(16)34)18(3)21(30)15-20(29)12-19-13-23(31)28-24(32)14-19/h7-11,16,18-20,22,26-27,29,34H,5-6,12-15H2,1-4H3,(H,28,31,32)/b9-7+,10-8+,17-11-. The summed E-state index contributed by atoms with van der Waals surface area (Å²) in [7, 11) is 1.52. The molecule has 6 atom stereocenters. The summed E-state index contributed by atoms with van der Waals surface area (Å²) < 4.78 is 11.1. The number of aliphatic hydroxyl groups excluding tert-OH is 2. The van der Waals surface area contributed by atoms with Crippen molar-refractivity contribution in [2.75, 3.05) is 7.11 Å². The van der Waals surface area contributed by atoms with Gasteiger partial charge in [0.05, 0.1) is 18.1 Å². The number of carbonyl (C=O) groups is 4. The van der Waals surface area contributed by atoms with Crippen LogP contribution in [0.5, 0.6) is 0 Å². The number of hydrogen-bond acceptors (Lipinski definition) is 8. The number of hydrogen-bond donors (Lipinski definition) is 3. The van der Waals surface area contributed by atoms with Crippen molar-refractivity contribution >= 4 is 23.6 Å². The van der Waals surface area contributed by atoms with Gasteiger partial charge in [-0.1, -0.05) is 38.2 Å². The summed E-state index contributed by atoms with van der Waals surface area (Å²) in [5, 5.41) is 23.5. The summed E-state index contributed by atoms with van der Waals surface area (Å²) in [4.78, 5) is 48.7. The fraction of sp³-hybridized carbons (Fsp3) is 0.630. The summed E-state index contributed by atoms with van der Waals surface area (Å²) in [5.74, 6) is -3.10. The van der Waals surface area contributed by atoms with E-state index in [2.05, 4.69) is 5.32 Å². The Morgan fingerprint density at radius 1 is 1.19 bits per heavy atom. The first-order valence-electron chi connectivity index (χ1n) is 12.5. The molecule has 2 aliphatic rings. The molecule has 1 saturated heterocycles. The molecular formula is C27H39NO8. The van der Waals surface area contributed by atoms with Crippen LogP contribution in [0, 0.1) is 17.8 Å². The highest BCUT2D eigenvalue weighted by Gasteiger charge is 2.33. The van der Waals surface area contributed by atoms with Crippen molar-refractivity contribution < 1.29 is 38.9 Å². The number of methoxy groups -OCH3 is 1. The Hall–Kier alpha value is -2.62. The van der Waals surface area contributed by atoms with Crippen molar-refractivity contribution in [1.29, 1.82) is 0 Å². The fourth-order valence-electron chi connectivity index (χ4n) is 4.67. The Kier molecular flexibility index (Phi) is 11.7. The van der Waals surface area contributed by atoms with E-state index in [1.165, 1.54) is 13.2 Å². The lowest BCUT2D eigenvalue weighted by molar-refractivity contribution is -0.145. The SMILES string of the molecule is COC1/C=C/CC/C=C/C(=O)OC(C(C)C(=O)CC(O)CC2CC(=O)NC(=O)C2)/C(C)=C\C(C)C1O. The van der Waals surface area contributed by atoms with E-state index in [1.54, 1.807) is 32.1 Å². The lowest BCUT2D eigenvalue weighted by Crippen LogP contribution is -2.40. The van der Waals surface area contributed by atoms with Crippen LogP contribution in [0.3, 0.4) is 0 Å². The molecule has 0 aliphatic carbocycles. The van der Waals surface area contributed by atoms with E-state index in [4.69, 9.17) is 9.47 Å². The molecule has 0 aromatic heterocycles. The zero-order chi connectivity index (χ0) is 26.8. The van der Waals surface area contributed by atoms with Crippen LogP contribution in [0.2, 0.25) is 0 Å². The smallest absolute Gasteiger partial charge is 0.331 e. The number of ether oxygens (including phenoxy) is 2. The number of carbonyl (C=O) groups excluding carboxylic acids is 4. The zero-order valence-corrected chi connectivity index (χ0v) is 21.5. The highest BCUT2D eigenvalue weighted by atomic mass is 16.5. The molecule has 0 aromatic carbocycles. The van der Waals surface area contributed by atoms with Crippen LogP contribution in [0.15, 0.2) is 36.0 Å². The number of Topliss-reactive ketones (excluding diaryl/α,β-unsaturated/α-hetero) is 1. The largest absolute Gasteiger partial charge is 0.454 e. The van der Waals surface area contributed by atoms with Gasteiger partial charge in [-0.2, -0.15) is 0 Å². The third-order valence-electron chi connectivity index (χ3n) is 6.68. The highest BCUT2D eigenvalue weighted by molar-refractivity contribution is 5.97. The van der Waals surface area contributed by atoms with Gasteiger partial charge in [0.1, 0.15) is 18.0 Å². The third kappa shape index (κ3) is 9.11. The second-order valence-corrected chi connectivity index (χ2v) is 9.82. The van der Waals surface area contributed by atoms with Crippen molar-refractivity contribution in [1.82, 2.24) is 5.32 Å². The second-order valence-electron chi connectivity index (χ2n) is 9.82. The molecule has 6 unspecified atom stereocenters. The van der Waals surface area contributed by atoms with Gasteiger partial charge in [0.25, 0.3) is 0 Å². The lowest BCUT2D eigenvalue weighted by Gasteiger charge is -2.28. The van der Waals surface area contributed by atoms with Crippen LogP contribution in [0.4, 0.5) is 0 Å². The molecule has 9 heteroatoms. The lowest BCUT2D eigenvalue weighted by atomic mass is 9.85. The number of imide groups is 1. The number of ketones is 1. The van der Waals surface area contributed by atoms with Crippen LogP contribution in [0.1, 0.15) is 59.3 Å². The Balaban J connectivity index is 2.17. The van der Waals surface area contributed by atoms with Crippen molar-refractivity contribution in [2.45, 2.75) is 83.7 Å². The van der Waals surface area contributed by atoms with Gasteiger partial charge in [-0.25, -0.2) is 4.79 Å². The molecule has 2 amide bonds. The number of aliphatic hydroxyl groups is 2. The van der Waals surface area contributed by atoms with Crippen molar-refractivity contribution in [2.24, 2.45) is 17.8 Å². The topological polar surface area (TPSA) is 139 Å². The van der Waals surface area contributed by atoms with Gasteiger partial charge in [0.15, 0.2) is 0 Å². The maximum absolute atomic E-state index is 13.1. The van der Waals surface area contributed by atoms with Crippen molar-refractivity contribution in [3.63, 3.8) is 0 Å². The first kappa shape index (κ1) is 29.6. The summed E-state index contributed by atoms with van der Waals surface area (Å²) in [6.45, 7) is 5.19. The summed E-state index contributed by atoms with van der Waals surface area (Å²) in [6.07, 6.45) is 6.66. The molecule has 9 nitrogen and oxygen atoms in total. The molecule has 200 valence electrons. The monoisotopic (exact) mass is 505 g/mol. The molecule has 0 bridgehead atoms. The molecule has 2 rings (SSSR count). The normalized spacial score (nSPS) is 31.7. The van der Waals surface area contributed by atoms with Gasteiger partial charge in [0, 0.05) is 38.4 Å². The minimum atomic E-state index is -1.03. The molecule has 0 spiro atoms. The molecule has 2 aliphatic heterocycles. The van der Waals surface area contributed by atoms with Gasteiger partial charge in [-0.3, -0.25) is 19.7 Å². The van der Waals surface area contributed by atoms with E-state index in [1.807, 2.05) is 13.0 Å².